The lowest BCUT2D eigenvalue weighted by Crippen LogP contribution is -2.46. The van der Waals surface area contributed by atoms with Gasteiger partial charge in [-0.05, 0) is 29.8 Å². The average molecular weight is 507 g/mol. The minimum absolute atomic E-state index is 0.0138. The highest BCUT2D eigenvalue weighted by atomic mass is 19.4. The first-order valence-corrected chi connectivity index (χ1v) is 10.9. The highest BCUT2D eigenvalue weighted by molar-refractivity contribution is 5.99. The molecule has 13 heteroatoms. The van der Waals surface area contributed by atoms with E-state index >= 15 is 0 Å². The Kier molecular flexibility index (Phi) is 7.20. The van der Waals surface area contributed by atoms with Gasteiger partial charge in [0.15, 0.2) is 5.69 Å². The van der Waals surface area contributed by atoms with Crippen molar-refractivity contribution in [2.24, 2.45) is 0 Å². The fraction of sp³-hybridized carbons (Fsp3) is 0.261. The van der Waals surface area contributed by atoms with E-state index in [1.165, 1.54) is 0 Å². The van der Waals surface area contributed by atoms with Crippen LogP contribution < -0.4 is 21.3 Å². The highest BCUT2D eigenvalue weighted by Gasteiger charge is 2.34. The van der Waals surface area contributed by atoms with E-state index < -0.39 is 35.5 Å². The molecule has 1 aliphatic heterocycles. The van der Waals surface area contributed by atoms with Gasteiger partial charge in [0, 0.05) is 56.2 Å². The predicted octanol–water partition coefficient (Wildman–Crippen LogP) is 4.32. The topological polar surface area (TPSA) is 99.4 Å². The van der Waals surface area contributed by atoms with Crippen molar-refractivity contribution in [2.45, 2.75) is 12.7 Å². The number of hydrogen-bond acceptors (Lipinski definition) is 6. The Bertz CT molecular complexity index is 1210. The molecule has 0 aliphatic carbocycles. The van der Waals surface area contributed by atoms with Crippen LogP contribution in [-0.2, 0) is 12.7 Å². The number of rotatable bonds is 5. The van der Waals surface area contributed by atoms with E-state index in [2.05, 4.69) is 25.5 Å². The van der Waals surface area contributed by atoms with Crippen LogP contribution in [0.2, 0.25) is 0 Å². The van der Waals surface area contributed by atoms with Crippen LogP contribution >= 0.6 is 0 Å². The molecule has 4 N–H and O–H groups in total. The summed E-state index contributed by atoms with van der Waals surface area (Å²) in [4.78, 5) is 23.2. The molecule has 0 spiro atoms. The molecule has 8 nitrogen and oxygen atoms in total. The number of anilines is 4. The summed E-state index contributed by atoms with van der Waals surface area (Å²) in [5, 5.41) is 4.95. The summed E-state index contributed by atoms with van der Waals surface area (Å²) in [5.74, 6) is -1.89. The molecule has 2 heterocycles. The summed E-state index contributed by atoms with van der Waals surface area (Å²) in [6.45, 7) is 2.72. The third-order valence-electron chi connectivity index (χ3n) is 5.46. The molecule has 1 aliphatic rings. The number of alkyl halides is 3. The fourth-order valence-corrected chi connectivity index (χ4v) is 3.77. The molecule has 3 aromatic rings. The number of hydrogen-bond donors (Lipinski definition) is 3. The number of nitrogens with zero attached hydrogens (tertiary/aromatic N) is 4. The number of aromatic nitrogens is 2. The molecule has 4 rings (SSSR count). The first-order chi connectivity index (χ1) is 17.0. The summed E-state index contributed by atoms with van der Waals surface area (Å²) < 4.78 is 65.6. The van der Waals surface area contributed by atoms with Crippen molar-refractivity contribution in [1.82, 2.24) is 14.9 Å². The van der Waals surface area contributed by atoms with E-state index in [1.807, 2.05) is 12.1 Å². The number of carbonyl (C=O) groups is 1. The molecule has 1 fully saturated rings. The zero-order valence-electron chi connectivity index (χ0n) is 18.8. The van der Waals surface area contributed by atoms with Crippen LogP contribution in [-0.4, -0.2) is 47.1 Å². The Hall–Kier alpha value is -4.00. The molecule has 0 bridgehead atoms. The van der Waals surface area contributed by atoms with Crippen LogP contribution in [0.25, 0.3) is 0 Å². The maximum Gasteiger partial charge on any atom is 0.433 e. The first kappa shape index (κ1) is 25.1. The highest BCUT2D eigenvalue weighted by Crippen LogP contribution is 2.30. The summed E-state index contributed by atoms with van der Waals surface area (Å²) in [5.41, 5.74) is 5.83. The fourth-order valence-electron chi connectivity index (χ4n) is 3.77. The molecule has 190 valence electrons. The number of urea groups is 1. The standard InChI is InChI=1S/C23H22F5N7O/c24-15-9-16(25)11-18(10-15)31-22(36)30-17-3-1-14(2-4-17)13-34-5-7-35(8-6-34)20-12-19(23(26,27)28)32-21(29)33-20/h1-4,9-12H,5-8,13H2,(H2,29,32,33)(H2,30,31,36). The third-order valence-corrected chi connectivity index (χ3v) is 5.46. The molecule has 1 aromatic heterocycles. The summed E-state index contributed by atoms with van der Waals surface area (Å²) >= 11 is 0. The Labute approximate surface area is 202 Å². The predicted molar refractivity (Wildman–Crippen MR) is 124 cm³/mol. The molecule has 0 radical (unpaired) electrons. The second kappa shape index (κ2) is 10.3. The second-order valence-corrected chi connectivity index (χ2v) is 8.16. The van der Waals surface area contributed by atoms with Gasteiger partial charge in [-0.25, -0.2) is 18.6 Å². The largest absolute Gasteiger partial charge is 0.433 e. The van der Waals surface area contributed by atoms with Gasteiger partial charge in [0.05, 0.1) is 0 Å². The van der Waals surface area contributed by atoms with Gasteiger partial charge in [-0.3, -0.25) is 4.90 Å². The lowest BCUT2D eigenvalue weighted by atomic mass is 10.1. The van der Waals surface area contributed by atoms with Gasteiger partial charge in [0.1, 0.15) is 17.5 Å². The van der Waals surface area contributed by atoms with E-state index in [4.69, 9.17) is 5.73 Å². The van der Waals surface area contributed by atoms with Gasteiger partial charge in [-0.2, -0.15) is 18.2 Å². The van der Waals surface area contributed by atoms with Crippen molar-refractivity contribution in [3.05, 3.63) is 71.4 Å². The van der Waals surface area contributed by atoms with Gasteiger partial charge in [0.25, 0.3) is 0 Å². The van der Waals surface area contributed by atoms with Crippen molar-refractivity contribution in [3.63, 3.8) is 0 Å². The van der Waals surface area contributed by atoms with Crippen LogP contribution in [0, 0.1) is 11.6 Å². The quantitative estimate of drug-likeness (QED) is 0.445. The SMILES string of the molecule is Nc1nc(N2CCN(Cc3ccc(NC(=O)Nc4cc(F)cc(F)c4)cc3)CC2)cc(C(F)(F)F)n1. The minimum Gasteiger partial charge on any atom is -0.368 e. The van der Waals surface area contributed by atoms with E-state index in [0.717, 1.165) is 23.8 Å². The number of halogens is 5. The van der Waals surface area contributed by atoms with Crippen LogP contribution in [0.5, 0.6) is 0 Å². The minimum atomic E-state index is -4.60. The number of piperazine rings is 1. The van der Waals surface area contributed by atoms with Crippen LogP contribution in [0.4, 0.5) is 49.9 Å². The number of nitrogens with one attached hydrogen (secondary N) is 2. The molecule has 0 unspecified atom stereocenters. The van der Waals surface area contributed by atoms with Crippen molar-refractivity contribution in [3.8, 4) is 0 Å². The molecule has 1 saturated heterocycles. The Balaban J connectivity index is 1.28. The number of nitrogen functional groups attached to an aromatic ring is 1. The Morgan fingerprint density at radius 2 is 1.50 bits per heavy atom. The van der Waals surface area contributed by atoms with Gasteiger partial charge >= 0.3 is 12.2 Å². The summed E-state index contributed by atoms with van der Waals surface area (Å²) in [6.07, 6.45) is -4.60. The zero-order chi connectivity index (χ0) is 25.9. The zero-order valence-corrected chi connectivity index (χ0v) is 18.8. The van der Waals surface area contributed by atoms with E-state index in [-0.39, 0.29) is 11.5 Å². The second-order valence-electron chi connectivity index (χ2n) is 8.16. The maximum absolute atomic E-state index is 13.3. The molecule has 0 atom stereocenters. The van der Waals surface area contributed by atoms with Crippen molar-refractivity contribution >= 4 is 29.2 Å². The molecule has 0 saturated carbocycles. The Morgan fingerprint density at radius 1 is 0.889 bits per heavy atom. The smallest absolute Gasteiger partial charge is 0.368 e. The van der Waals surface area contributed by atoms with Crippen LogP contribution in [0.1, 0.15) is 11.3 Å². The molecular weight excluding hydrogens is 485 g/mol. The normalized spacial score (nSPS) is 14.5. The van der Waals surface area contributed by atoms with E-state index in [0.29, 0.717) is 44.5 Å². The molecule has 2 aromatic carbocycles. The van der Waals surface area contributed by atoms with E-state index in [1.54, 1.807) is 17.0 Å². The van der Waals surface area contributed by atoms with Gasteiger partial charge < -0.3 is 21.3 Å². The van der Waals surface area contributed by atoms with Crippen LogP contribution in [0.15, 0.2) is 48.5 Å². The Morgan fingerprint density at radius 3 is 2.11 bits per heavy atom. The molecule has 36 heavy (non-hydrogen) atoms. The van der Waals surface area contributed by atoms with Crippen molar-refractivity contribution in [1.29, 1.82) is 0 Å². The maximum atomic E-state index is 13.3. The lowest BCUT2D eigenvalue weighted by Gasteiger charge is -2.35. The van der Waals surface area contributed by atoms with Gasteiger partial charge in [-0.15, -0.1) is 0 Å². The monoisotopic (exact) mass is 507 g/mol. The van der Waals surface area contributed by atoms with E-state index in [9.17, 15) is 26.7 Å². The first-order valence-electron chi connectivity index (χ1n) is 10.9. The number of carbonyl (C=O) groups excluding carboxylic acids is 1. The summed E-state index contributed by atoms with van der Waals surface area (Å²) in [7, 11) is 0. The average Bonchev–Trinajstić information content (AvgIpc) is 2.79. The van der Waals surface area contributed by atoms with Crippen LogP contribution in [0.3, 0.4) is 0 Å². The summed E-state index contributed by atoms with van der Waals surface area (Å²) in [6, 6.07) is 9.99. The number of nitrogens with two attached hydrogens (primary N) is 1. The van der Waals surface area contributed by atoms with Gasteiger partial charge in [-0.1, -0.05) is 12.1 Å². The van der Waals surface area contributed by atoms with Crippen molar-refractivity contribution < 1.29 is 26.7 Å². The third kappa shape index (κ3) is 6.56. The van der Waals surface area contributed by atoms with Gasteiger partial charge in [0.2, 0.25) is 5.95 Å². The lowest BCUT2D eigenvalue weighted by molar-refractivity contribution is -0.141. The van der Waals surface area contributed by atoms with Crippen molar-refractivity contribution in [2.75, 3.05) is 47.4 Å². The molecule has 2 amide bonds. The number of amides is 2. The number of benzene rings is 2. The molecular formula is C23H22F5N7O.